The maximum Gasteiger partial charge on any atom is 0.164 e. The molecule has 0 saturated carbocycles. The number of morpholine rings is 1. The third-order valence-corrected chi connectivity index (χ3v) is 4.72. The molecule has 22 heavy (non-hydrogen) atoms. The van der Waals surface area contributed by atoms with E-state index in [0.29, 0.717) is 25.4 Å². The number of nitrogens with zero attached hydrogens (tertiary/aromatic N) is 2. The Balaban J connectivity index is 1.89. The molecule has 0 radical (unpaired) electrons. The molecule has 1 fully saturated rings. The van der Waals surface area contributed by atoms with Crippen molar-refractivity contribution in [1.82, 2.24) is 4.98 Å². The van der Waals surface area contributed by atoms with Crippen LogP contribution in [0.4, 0.5) is 10.1 Å². The van der Waals surface area contributed by atoms with Gasteiger partial charge in [-0.05, 0) is 26.0 Å². The number of Topliss-reactive ketones (excluding diaryl/α,β-unsaturated/α-hetero) is 1. The number of anilines is 1. The van der Waals surface area contributed by atoms with E-state index in [-0.39, 0.29) is 17.5 Å². The predicted molar refractivity (Wildman–Crippen MR) is 84.2 cm³/mol. The van der Waals surface area contributed by atoms with Gasteiger partial charge in [0.1, 0.15) is 16.9 Å². The molecule has 0 aliphatic carbocycles. The van der Waals surface area contributed by atoms with Gasteiger partial charge in [-0.2, -0.15) is 0 Å². The lowest BCUT2D eigenvalue weighted by molar-refractivity contribution is 0.0395. The lowest BCUT2D eigenvalue weighted by Crippen LogP contribution is -2.39. The van der Waals surface area contributed by atoms with Crippen molar-refractivity contribution in [1.29, 1.82) is 0 Å². The van der Waals surface area contributed by atoms with Crippen molar-refractivity contribution in [3.8, 4) is 0 Å². The third kappa shape index (κ3) is 2.89. The van der Waals surface area contributed by atoms with Crippen LogP contribution in [0.15, 0.2) is 23.6 Å². The van der Waals surface area contributed by atoms with Crippen LogP contribution in [0.1, 0.15) is 34.1 Å². The molecule has 1 aromatic heterocycles. The topological polar surface area (TPSA) is 42.4 Å². The Morgan fingerprint density at radius 2 is 2.32 bits per heavy atom. The van der Waals surface area contributed by atoms with Crippen LogP contribution in [0, 0.1) is 12.7 Å². The van der Waals surface area contributed by atoms with Crippen LogP contribution in [0.2, 0.25) is 0 Å². The summed E-state index contributed by atoms with van der Waals surface area (Å²) in [4.78, 5) is 18.2. The van der Waals surface area contributed by atoms with Gasteiger partial charge in [0.2, 0.25) is 0 Å². The van der Waals surface area contributed by atoms with Gasteiger partial charge in [0.05, 0.1) is 24.4 Å². The lowest BCUT2D eigenvalue weighted by atomic mass is 10.1. The van der Waals surface area contributed by atoms with E-state index in [1.54, 1.807) is 23.5 Å². The number of carbonyl (C=O) groups is 1. The Kier molecular flexibility index (Phi) is 4.22. The van der Waals surface area contributed by atoms with Crippen LogP contribution >= 0.6 is 11.3 Å². The van der Waals surface area contributed by atoms with E-state index in [4.69, 9.17) is 4.74 Å². The maximum absolute atomic E-state index is 14.0. The summed E-state index contributed by atoms with van der Waals surface area (Å²) in [6.45, 7) is 5.06. The first kappa shape index (κ1) is 15.1. The minimum Gasteiger partial charge on any atom is -0.367 e. The van der Waals surface area contributed by atoms with Gasteiger partial charge in [-0.3, -0.25) is 4.79 Å². The Morgan fingerprint density at radius 1 is 1.50 bits per heavy atom. The van der Waals surface area contributed by atoms with Crippen molar-refractivity contribution in [2.24, 2.45) is 0 Å². The summed E-state index contributed by atoms with van der Waals surface area (Å²) in [7, 11) is 0. The van der Waals surface area contributed by atoms with Crippen molar-refractivity contribution >= 4 is 22.8 Å². The number of aromatic nitrogens is 1. The highest BCUT2D eigenvalue weighted by atomic mass is 32.1. The smallest absolute Gasteiger partial charge is 0.164 e. The minimum atomic E-state index is -0.474. The van der Waals surface area contributed by atoms with Crippen LogP contribution in [-0.2, 0) is 4.74 Å². The van der Waals surface area contributed by atoms with Crippen LogP contribution in [0.3, 0.4) is 0 Å². The zero-order valence-electron chi connectivity index (χ0n) is 12.5. The molecular formula is C16H17FN2O2S. The summed E-state index contributed by atoms with van der Waals surface area (Å²) < 4.78 is 19.8. The monoisotopic (exact) mass is 320 g/mol. The minimum absolute atomic E-state index is 0.143. The average molecular weight is 320 g/mol. The van der Waals surface area contributed by atoms with E-state index in [0.717, 1.165) is 10.7 Å². The van der Waals surface area contributed by atoms with Gasteiger partial charge in [-0.1, -0.05) is 6.07 Å². The normalized spacial score (nSPS) is 18.5. The number of ketones is 1. The molecule has 1 aromatic carbocycles. The lowest BCUT2D eigenvalue weighted by Gasteiger charge is -2.34. The largest absolute Gasteiger partial charge is 0.367 e. The van der Waals surface area contributed by atoms with Gasteiger partial charge in [0, 0.05) is 17.6 Å². The summed E-state index contributed by atoms with van der Waals surface area (Å²) >= 11 is 1.56. The highest BCUT2D eigenvalue weighted by Gasteiger charge is 2.27. The first-order valence-electron chi connectivity index (χ1n) is 7.14. The fraction of sp³-hybridized carbons (Fsp3) is 0.375. The van der Waals surface area contributed by atoms with Crippen molar-refractivity contribution in [3.05, 3.63) is 45.7 Å². The molecule has 0 spiro atoms. The fourth-order valence-electron chi connectivity index (χ4n) is 2.66. The zero-order valence-corrected chi connectivity index (χ0v) is 13.3. The molecule has 0 unspecified atom stereocenters. The number of thiazole rings is 1. The standard InChI is InChI=1S/C16H17FN2O2S/c1-10-9-22-16(18-10)14-8-19(6-7-21-14)13-5-3-4-12(17)15(13)11(2)20/h3-5,9,14H,6-8H2,1-2H3/t14-/m1/s1. The fourth-order valence-corrected chi connectivity index (χ4v) is 3.50. The van der Waals surface area contributed by atoms with Crippen LogP contribution < -0.4 is 4.90 Å². The average Bonchev–Trinajstić information content (AvgIpc) is 2.93. The first-order chi connectivity index (χ1) is 10.6. The van der Waals surface area contributed by atoms with Crippen molar-refractivity contribution in [2.75, 3.05) is 24.6 Å². The second kappa shape index (κ2) is 6.14. The molecule has 1 atom stereocenters. The highest BCUT2D eigenvalue weighted by molar-refractivity contribution is 7.09. The zero-order chi connectivity index (χ0) is 15.7. The molecule has 0 amide bonds. The second-order valence-electron chi connectivity index (χ2n) is 5.32. The van der Waals surface area contributed by atoms with Crippen molar-refractivity contribution in [2.45, 2.75) is 20.0 Å². The van der Waals surface area contributed by atoms with E-state index in [2.05, 4.69) is 4.98 Å². The molecule has 2 aromatic rings. The van der Waals surface area contributed by atoms with E-state index >= 15 is 0 Å². The molecule has 4 nitrogen and oxygen atoms in total. The summed E-state index contributed by atoms with van der Waals surface area (Å²) in [5.74, 6) is -0.737. The molecular weight excluding hydrogens is 303 g/mol. The number of carbonyl (C=O) groups excluding carboxylic acids is 1. The molecule has 2 heterocycles. The quantitative estimate of drug-likeness (QED) is 0.813. The van der Waals surface area contributed by atoms with Crippen molar-refractivity contribution in [3.63, 3.8) is 0 Å². The van der Waals surface area contributed by atoms with Gasteiger partial charge < -0.3 is 9.64 Å². The molecule has 3 rings (SSSR count). The molecule has 1 aliphatic heterocycles. The van der Waals surface area contributed by atoms with Gasteiger partial charge in [-0.15, -0.1) is 11.3 Å². The second-order valence-corrected chi connectivity index (χ2v) is 6.21. The number of hydrogen-bond donors (Lipinski definition) is 0. The van der Waals surface area contributed by atoms with E-state index in [9.17, 15) is 9.18 Å². The van der Waals surface area contributed by atoms with Crippen LogP contribution in [-0.4, -0.2) is 30.5 Å². The summed E-state index contributed by atoms with van der Waals surface area (Å²) in [6.07, 6.45) is -0.143. The van der Waals surface area contributed by atoms with Crippen molar-refractivity contribution < 1.29 is 13.9 Å². The summed E-state index contributed by atoms with van der Waals surface area (Å²) in [5, 5.41) is 2.91. The number of aryl methyl sites for hydroxylation is 1. The van der Waals surface area contributed by atoms with Gasteiger partial charge >= 0.3 is 0 Å². The first-order valence-corrected chi connectivity index (χ1v) is 8.02. The van der Waals surface area contributed by atoms with E-state index in [1.807, 2.05) is 17.2 Å². The Morgan fingerprint density at radius 3 is 3.00 bits per heavy atom. The summed E-state index contributed by atoms with van der Waals surface area (Å²) in [5.41, 5.74) is 1.75. The highest BCUT2D eigenvalue weighted by Crippen LogP contribution is 2.31. The van der Waals surface area contributed by atoms with E-state index in [1.165, 1.54) is 13.0 Å². The third-order valence-electron chi connectivity index (χ3n) is 3.66. The molecule has 6 heteroatoms. The van der Waals surface area contributed by atoms with Crippen LogP contribution in [0.5, 0.6) is 0 Å². The van der Waals surface area contributed by atoms with Crippen LogP contribution in [0.25, 0.3) is 0 Å². The Labute approximate surface area is 132 Å². The number of benzene rings is 1. The molecule has 0 bridgehead atoms. The van der Waals surface area contributed by atoms with Gasteiger partial charge in [0.25, 0.3) is 0 Å². The maximum atomic E-state index is 14.0. The predicted octanol–water partition coefficient (Wildman–Crippen LogP) is 3.37. The van der Waals surface area contributed by atoms with Gasteiger partial charge in [-0.25, -0.2) is 9.37 Å². The molecule has 116 valence electrons. The van der Waals surface area contributed by atoms with E-state index < -0.39 is 5.82 Å². The van der Waals surface area contributed by atoms with Gasteiger partial charge in [0.15, 0.2) is 5.78 Å². The SMILES string of the molecule is CC(=O)c1c(F)cccc1N1CCO[C@@H](c2nc(C)cs2)C1. The molecule has 0 N–H and O–H groups in total. The number of hydrogen-bond acceptors (Lipinski definition) is 5. The summed E-state index contributed by atoms with van der Waals surface area (Å²) in [6, 6.07) is 4.74. The number of rotatable bonds is 3. The number of ether oxygens (including phenoxy) is 1. The molecule has 1 aliphatic rings. The Bertz CT molecular complexity index is 701. The Hall–Kier alpha value is -1.79. The molecule has 1 saturated heterocycles. The number of halogens is 1.